The Kier molecular flexibility index (Phi) is 5.93. The number of rotatable bonds is 6. The fourth-order valence-electron chi connectivity index (χ4n) is 2.32. The minimum Gasteiger partial charge on any atom is -0.486 e. The van der Waals surface area contributed by atoms with Crippen molar-refractivity contribution in [1.82, 2.24) is 0 Å². The van der Waals surface area contributed by atoms with Crippen LogP contribution < -0.4 is 10.1 Å². The largest absolute Gasteiger partial charge is 0.486 e. The topological polar surface area (TPSA) is 58.6 Å². The number of amides is 1. The second-order valence-corrected chi connectivity index (χ2v) is 5.66. The molecule has 2 rings (SSSR count). The molecule has 2 aromatic rings. The van der Waals surface area contributed by atoms with E-state index >= 15 is 0 Å². The fraction of sp³-hybridized carbons (Fsp3) is 0.316. The highest BCUT2D eigenvalue weighted by Gasteiger charge is 2.13. The van der Waals surface area contributed by atoms with Crippen molar-refractivity contribution < 1.29 is 19.0 Å². The molecule has 0 aliphatic carbocycles. The normalized spacial score (nSPS) is 10.5. The van der Waals surface area contributed by atoms with Crippen molar-refractivity contribution in [3.8, 4) is 5.75 Å². The Morgan fingerprint density at radius 1 is 1.25 bits per heavy atom. The van der Waals surface area contributed by atoms with Crippen molar-refractivity contribution >= 4 is 11.6 Å². The minimum atomic E-state index is -0.432. The van der Waals surface area contributed by atoms with Crippen LogP contribution in [0.3, 0.4) is 0 Å². The lowest BCUT2D eigenvalue weighted by molar-refractivity contribution is -0.115. The molecular weight excluding hydrogens is 309 g/mol. The van der Waals surface area contributed by atoms with Crippen LogP contribution in [0.15, 0.2) is 30.3 Å². The molecule has 5 heteroatoms. The van der Waals surface area contributed by atoms with Crippen LogP contribution in [0.1, 0.15) is 35.6 Å². The molecule has 0 aliphatic heterocycles. The quantitative estimate of drug-likeness (QED) is 0.845. The molecule has 2 aromatic carbocycles. The van der Waals surface area contributed by atoms with E-state index in [4.69, 9.17) is 4.74 Å². The van der Waals surface area contributed by atoms with Crippen molar-refractivity contribution in [3.05, 3.63) is 58.4 Å². The highest BCUT2D eigenvalue weighted by Crippen LogP contribution is 2.26. The van der Waals surface area contributed by atoms with Crippen molar-refractivity contribution in [2.45, 2.75) is 40.4 Å². The summed E-state index contributed by atoms with van der Waals surface area (Å²) in [4.78, 5) is 11.7. The number of carbonyl (C=O) groups is 1. The SMILES string of the molecule is CCC(=O)Nc1cccc(CO)c1COc1cc(C)c(C)cc1F. The molecule has 0 saturated carbocycles. The third-order valence-corrected chi connectivity index (χ3v) is 3.96. The average Bonchev–Trinajstić information content (AvgIpc) is 2.57. The van der Waals surface area contributed by atoms with E-state index in [1.807, 2.05) is 13.8 Å². The van der Waals surface area contributed by atoms with Gasteiger partial charge < -0.3 is 15.2 Å². The molecule has 0 fully saturated rings. The van der Waals surface area contributed by atoms with E-state index in [0.717, 1.165) is 11.1 Å². The second-order valence-electron chi connectivity index (χ2n) is 5.66. The Labute approximate surface area is 141 Å². The van der Waals surface area contributed by atoms with E-state index in [-0.39, 0.29) is 24.9 Å². The maximum Gasteiger partial charge on any atom is 0.224 e. The molecule has 0 aromatic heterocycles. The number of hydrogen-bond donors (Lipinski definition) is 2. The van der Waals surface area contributed by atoms with Crippen LogP contribution in [0.25, 0.3) is 0 Å². The van der Waals surface area contributed by atoms with E-state index < -0.39 is 5.82 Å². The molecule has 4 nitrogen and oxygen atoms in total. The van der Waals surface area contributed by atoms with E-state index in [0.29, 0.717) is 23.2 Å². The summed E-state index contributed by atoms with van der Waals surface area (Å²) in [5.41, 5.74) is 3.62. The highest BCUT2D eigenvalue weighted by atomic mass is 19.1. The van der Waals surface area contributed by atoms with E-state index in [1.165, 1.54) is 6.07 Å². The average molecular weight is 331 g/mol. The van der Waals surface area contributed by atoms with E-state index in [2.05, 4.69) is 5.32 Å². The molecule has 0 bridgehead atoms. The number of halogens is 1. The first-order valence-corrected chi connectivity index (χ1v) is 7.87. The number of anilines is 1. The number of ether oxygens (including phenoxy) is 1. The molecule has 0 radical (unpaired) electrons. The number of aryl methyl sites for hydroxylation is 2. The molecule has 0 atom stereocenters. The molecule has 2 N–H and O–H groups in total. The molecule has 0 unspecified atom stereocenters. The van der Waals surface area contributed by atoms with Crippen LogP contribution in [0, 0.1) is 19.7 Å². The summed E-state index contributed by atoms with van der Waals surface area (Å²) in [7, 11) is 0. The number of carbonyl (C=O) groups excluding carboxylic acids is 1. The van der Waals surface area contributed by atoms with Gasteiger partial charge in [-0.25, -0.2) is 4.39 Å². The van der Waals surface area contributed by atoms with Crippen molar-refractivity contribution in [1.29, 1.82) is 0 Å². The third-order valence-electron chi connectivity index (χ3n) is 3.96. The summed E-state index contributed by atoms with van der Waals surface area (Å²) >= 11 is 0. The molecule has 0 aliphatic rings. The van der Waals surface area contributed by atoms with Crippen LogP contribution >= 0.6 is 0 Å². The Hall–Kier alpha value is -2.40. The monoisotopic (exact) mass is 331 g/mol. The van der Waals surface area contributed by atoms with Crippen LogP contribution in [0.5, 0.6) is 5.75 Å². The van der Waals surface area contributed by atoms with Crippen molar-refractivity contribution in [2.75, 3.05) is 5.32 Å². The maximum atomic E-state index is 14.0. The van der Waals surface area contributed by atoms with Crippen LogP contribution in [0.2, 0.25) is 0 Å². The number of aliphatic hydroxyl groups excluding tert-OH is 1. The lowest BCUT2D eigenvalue weighted by Gasteiger charge is -2.16. The van der Waals surface area contributed by atoms with Gasteiger partial charge in [0, 0.05) is 17.7 Å². The highest BCUT2D eigenvalue weighted by molar-refractivity contribution is 5.91. The minimum absolute atomic E-state index is 0.0511. The van der Waals surface area contributed by atoms with Crippen molar-refractivity contribution in [3.63, 3.8) is 0 Å². The Balaban J connectivity index is 2.28. The molecule has 24 heavy (non-hydrogen) atoms. The molecule has 1 amide bonds. The first kappa shape index (κ1) is 17.9. The zero-order valence-corrected chi connectivity index (χ0v) is 14.1. The van der Waals surface area contributed by atoms with E-state index in [1.54, 1.807) is 31.2 Å². The standard InChI is InChI=1S/C19H22FNO3/c1-4-19(23)21-17-7-5-6-14(10-22)15(17)11-24-18-9-13(3)12(2)8-16(18)20/h5-9,22H,4,10-11H2,1-3H3,(H,21,23). The van der Waals surface area contributed by atoms with Gasteiger partial charge in [-0.2, -0.15) is 0 Å². The zero-order valence-electron chi connectivity index (χ0n) is 14.1. The predicted molar refractivity (Wildman–Crippen MR) is 91.5 cm³/mol. The Bertz CT molecular complexity index is 744. The van der Waals surface area contributed by atoms with Gasteiger partial charge in [0.15, 0.2) is 11.6 Å². The summed E-state index contributed by atoms with van der Waals surface area (Å²) in [6, 6.07) is 8.31. The number of benzene rings is 2. The third kappa shape index (κ3) is 4.11. The lowest BCUT2D eigenvalue weighted by atomic mass is 10.1. The van der Waals surface area contributed by atoms with Gasteiger partial charge in [0.25, 0.3) is 0 Å². The second kappa shape index (κ2) is 7.93. The molecule has 0 spiro atoms. The summed E-state index contributed by atoms with van der Waals surface area (Å²) in [6.45, 7) is 5.34. The van der Waals surface area contributed by atoms with Crippen LogP contribution in [0.4, 0.5) is 10.1 Å². The maximum absolute atomic E-state index is 14.0. The summed E-state index contributed by atoms with van der Waals surface area (Å²) in [5, 5.41) is 12.3. The number of nitrogens with one attached hydrogen (secondary N) is 1. The van der Waals surface area contributed by atoms with Gasteiger partial charge in [-0.3, -0.25) is 4.79 Å². The predicted octanol–water partition coefficient (Wildman–Crippen LogP) is 3.86. The number of hydrogen-bond acceptors (Lipinski definition) is 3. The van der Waals surface area contributed by atoms with E-state index in [9.17, 15) is 14.3 Å². The van der Waals surface area contributed by atoms with Crippen LogP contribution in [-0.4, -0.2) is 11.0 Å². The molecule has 128 valence electrons. The van der Waals surface area contributed by atoms with Gasteiger partial charge in [-0.05, 0) is 48.7 Å². The Morgan fingerprint density at radius 3 is 2.62 bits per heavy atom. The summed E-state index contributed by atoms with van der Waals surface area (Å²) < 4.78 is 19.7. The first-order chi connectivity index (χ1) is 11.5. The first-order valence-electron chi connectivity index (χ1n) is 7.87. The molecule has 0 heterocycles. The smallest absolute Gasteiger partial charge is 0.224 e. The van der Waals surface area contributed by atoms with Gasteiger partial charge >= 0.3 is 0 Å². The van der Waals surface area contributed by atoms with Gasteiger partial charge in [0.2, 0.25) is 5.91 Å². The van der Waals surface area contributed by atoms with Crippen LogP contribution in [-0.2, 0) is 18.0 Å². The summed E-state index contributed by atoms with van der Waals surface area (Å²) in [6.07, 6.45) is 0.343. The van der Waals surface area contributed by atoms with Gasteiger partial charge in [-0.1, -0.05) is 19.1 Å². The van der Waals surface area contributed by atoms with Gasteiger partial charge in [0.05, 0.1) is 6.61 Å². The molecular formula is C19H22FNO3. The van der Waals surface area contributed by atoms with Gasteiger partial charge in [0.1, 0.15) is 6.61 Å². The lowest BCUT2D eigenvalue weighted by Crippen LogP contribution is -2.13. The zero-order chi connectivity index (χ0) is 17.7. The molecule has 0 saturated heterocycles. The Morgan fingerprint density at radius 2 is 1.96 bits per heavy atom. The van der Waals surface area contributed by atoms with Gasteiger partial charge in [-0.15, -0.1) is 0 Å². The number of aliphatic hydroxyl groups is 1. The van der Waals surface area contributed by atoms with Crippen molar-refractivity contribution in [2.24, 2.45) is 0 Å². The summed E-state index contributed by atoms with van der Waals surface area (Å²) in [5.74, 6) is -0.416. The fourth-order valence-corrected chi connectivity index (χ4v) is 2.32.